The normalized spacial score (nSPS) is 10.8. The third-order valence-electron chi connectivity index (χ3n) is 3.49. The van der Waals surface area contributed by atoms with Crippen LogP contribution in [-0.4, -0.2) is 20.5 Å². The lowest BCUT2D eigenvalue weighted by molar-refractivity contribution is 0.102. The van der Waals surface area contributed by atoms with Crippen molar-refractivity contribution in [2.75, 3.05) is 5.32 Å². The summed E-state index contributed by atoms with van der Waals surface area (Å²) in [6.07, 6.45) is 1.87. The third-order valence-corrected chi connectivity index (χ3v) is 3.49. The highest BCUT2D eigenvalue weighted by Crippen LogP contribution is 2.18. The summed E-state index contributed by atoms with van der Waals surface area (Å²) in [5.74, 6) is 0.651. The predicted molar refractivity (Wildman–Crippen MR) is 81.6 cm³/mol. The Morgan fingerprint density at radius 3 is 2.76 bits per heavy atom. The number of aryl methyl sites for hydroxylation is 3. The fourth-order valence-electron chi connectivity index (χ4n) is 2.30. The number of hydrogen-bond donors (Lipinski definition) is 1. The van der Waals surface area contributed by atoms with Crippen molar-refractivity contribution in [2.45, 2.75) is 20.8 Å². The number of fused-ring (bicyclic) bond motifs is 1. The molecule has 3 rings (SSSR count). The number of carbonyl (C=O) groups excluding carboxylic acids is 1. The van der Waals surface area contributed by atoms with E-state index in [0.29, 0.717) is 16.9 Å². The standard InChI is InChI=1S/C16H16N4O/c1-10-6-7-11(2)13(9-10)16(21)17-14-5-4-8-20-12(3)18-19-15(14)20/h4-9H,1-3H3,(H,17,21). The Labute approximate surface area is 122 Å². The summed E-state index contributed by atoms with van der Waals surface area (Å²) in [6, 6.07) is 9.52. The topological polar surface area (TPSA) is 59.3 Å². The summed E-state index contributed by atoms with van der Waals surface area (Å²) in [5, 5.41) is 11.1. The molecule has 1 aromatic carbocycles. The van der Waals surface area contributed by atoms with E-state index in [0.717, 1.165) is 17.0 Å². The number of benzene rings is 1. The number of nitrogens with one attached hydrogen (secondary N) is 1. The largest absolute Gasteiger partial charge is 0.319 e. The monoisotopic (exact) mass is 280 g/mol. The van der Waals surface area contributed by atoms with E-state index in [1.807, 2.05) is 61.7 Å². The van der Waals surface area contributed by atoms with Gasteiger partial charge in [-0.1, -0.05) is 17.7 Å². The molecule has 5 nitrogen and oxygen atoms in total. The summed E-state index contributed by atoms with van der Waals surface area (Å²) in [7, 11) is 0. The van der Waals surface area contributed by atoms with Gasteiger partial charge < -0.3 is 5.32 Å². The lowest BCUT2D eigenvalue weighted by Crippen LogP contribution is -2.14. The van der Waals surface area contributed by atoms with Gasteiger partial charge in [0.15, 0.2) is 5.65 Å². The van der Waals surface area contributed by atoms with Gasteiger partial charge >= 0.3 is 0 Å². The molecule has 1 amide bonds. The van der Waals surface area contributed by atoms with Crippen molar-refractivity contribution < 1.29 is 4.79 Å². The van der Waals surface area contributed by atoms with Gasteiger partial charge in [-0.2, -0.15) is 0 Å². The summed E-state index contributed by atoms with van der Waals surface area (Å²) in [4.78, 5) is 12.5. The molecule has 0 unspecified atom stereocenters. The average molecular weight is 280 g/mol. The highest BCUT2D eigenvalue weighted by molar-refractivity contribution is 6.06. The predicted octanol–water partition coefficient (Wildman–Crippen LogP) is 2.91. The van der Waals surface area contributed by atoms with Gasteiger partial charge in [0.25, 0.3) is 5.91 Å². The molecule has 0 fully saturated rings. The van der Waals surface area contributed by atoms with Crippen molar-refractivity contribution in [3.8, 4) is 0 Å². The van der Waals surface area contributed by atoms with Gasteiger partial charge in [-0.3, -0.25) is 9.20 Å². The molecule has 21 heavy (non-hydrogen) atoms. The van der Waals surface area contributed by atoms with Crippen molar-refractivity contribution in [1.82, 2.24) is 14.6 Å². The summed E-state index contributed by atoms with van der Waals surface area (Å²) in [6.45, 7) is 5.77. The van der Waals surface area contributed by atoms with Gasteiger partial charge in [0, 0.05) is 11.8 Å². The van der Waals surface area contributed by atoms with Crippen LogP contribution in [0.5, 0.6) is 0 Å². The number of nitrogens with zero attached hydrogens (tertiary/aromatic N) is 3. The fourth-order valence-corrected chi connectivity index (χ4v) is 2.30. The summed E-state index contributed by atoms with van der Waals surface area (Å²) < 4.78 is 1.85. The van der Waals surface area contributed by atoms with Crippen LogP contribution in [0, 0.1) is 20.8 Å². The number of carbonyl (C=O) groups is 1. The van der Waals surface area contributed by atoms with E-state index in [4.69, 9.17) is 0 Å². The Balaban J connectivity index is 1.98. The second kappa shape index (κ2) is 5.01. The quantitative estimate of drug-likeness (QED) is 0.785. The van der Waals surface area contributed by atoms with Crippen LogP contribution in [0.3, 0.4) is 0 Å². The van der Waals surface area contributed by atoms with Crippen molar-refractivity contribution in [3.63, 3.8) is 0 Å². The van der Waals surface area contributed by atoms with Gasteiger partial charge in [0.2, 0.25) is 0 Å². The number of amides is 1. The highest BCUT2D eigenvalue weighted by Gasteiger charge is 2.13. The molecule has 0 spiro atoms. The van der Waals surface area contributed by atoms with Crippen molar-refractivity contribution in [2.24, 2.45) is 0 Å². The van der Waals surface area contributed by atoms with Crippen LogP contribution in [0.15, 0.2) is 36.5 Å². The van der Waals surface area contributed by atoms with Crippen LogP contribution >= 0.6 is 0 Å². The van der Waals surface area contributed by atoms with E-state index in [2.05, 4.69) is 15.5 Å². The Morgan fingerprint density at radius 1 is 1.14 bits per heavy atom. The lowest BCUT2D eigenvalue weighted by Gasteiger charge is -2.09. The van der Waals surface area contributed by atoms with E-state index >= 15 is 0 Å². The van der Waals surface area contributed by atoms with Gasteiger partial charge in [-0.25, -0.2) is 0 Å². The van der Waals surface area contributed by atoms with Crippen LogP contribution in [0.4, 0.5) is 5.69 Å². The maximum absolute atomic E-state index is 12.5. The molecule has 3 aromatic rings. The van der Waals surface area contributed by atoms with Crippen LogP contribution in [0.25, 0.3) is 5.65 Å². The van der Waals surface area contributed by atoms with Gasteiger partial charge in [0.05, 0.1) is 5.69 Å². The Bertz CT molecular complexity index is 835. The summed E-state index contributed by atoms with van der Waals surface area (Å²) in [5.41, 5.74) is 3.98. The molecule has 0 aliphatic carbocycles. The molecule has 0 radical (unpaired) electrons. The molecule has 0 aliphatic rings. The smallest absolute Gasteiger partial charge is 0.256 e. The van der Waals surface area contributed by atoms with Crippen molar-refractivity contribution in [3.05, 3.63) is 59.0 Å². The first-order valence-corrected chi connectivity index (χ1v) is 6.75. The zero-order chi connectivity index (χ0) is 15.0. The SMILES string of the molecule is Cc1ccc(C)c(C(=O)Nc2cccn3c(C)nnc23)c1. The minimum absolute atomic E-state index is 0.134. The second-order valence-electron chi connectivity index (χ2n) is 5.14. The van der Waals surface area contributed by atoms with E-state index < -0.39 is 0 Å². The van der Waals surface area contributed by atoms with Crippen molar-refractivity contribution >= 4 is 17.2 Å². The van der Waals surface area contributed by atoms with E-state index in [9.17, 15) is 4.79 Å². The van der Waals surface area contributed by atoms with Crippen LogP contribution in [0.2, 0.25) is 0 Å². The minimum Gasteiger partial charge on any atom is -0.319 e. The zero-order valence-electron chi connectivity index (χ0n) is 12.2. The second-order valence-corrected chi connectivity index (χ2v) is 5.14. The summed E-state index contributed by atoms with van der Waals surface area (Å²) >= 11 is 0. The highest BCUT2D eigenvalue weighted by atomic mass is 16.1. The lowest BCUT2D eigenvalue weighted by atomic mass is 10.1. The molecule has 2 heterocycles. The van der Waals surface area contributed by atoms with Crippen LogP contribution in [-0.2, 0) is 0 Å². The van der Waals surface area contributed by atoms with Crippen LogP contribution < -0.4 is 5.32 Å². The van der Waals surface area contributed by atoms with Gasteiger partial charge in [-0.15, -0.1) is 10.2 Å². The molecule has 0 saturated heterocycles. The Morgan fingerprint density at radius 2 is 1.95 bits per heavy atom. The minimum atomic E-state index is -0.134. The van der Waals surface area contributed by atoms with Crippen molar-refractivity contribution in [1.29, 1.82) is 0 Å². The maximum Gasteiger partial charge on any atom is 0.256 e. The first-order chi connectivity index (χ1) is 10.1. The zero-order valence-corrected chi connectivity index (χ0v) is 12.2. The molecule has 106 valence electrons. The number of hydrogen-bond acceptors (Lipinski definition) is 3. The molecule has 5 heteroatoms. The number of aromatic nitrogens is 3. The van der Waals surface area contributed by atoms with Gasteiger partial charge in [0.1, 0.15) is 5.82 Å². The number of pyridine rings is 1. The van der Waals surface area contributed by atoms with Crippen LogP contribution in [0.1, 0.15) is 27.3 Å². The fraction of sp³-hybridized carbons (Fsp3) is 0.188. The van der Waals surface area contributed by atoms with E-state index in [1.165, 1.54) is 0 Å². The molecular formula is C16H16N4O. The molecule has 2 aromatic heterocycles. The molecule has 0 bridgehead atoms. The molecule has 0 atom stereocenters. The molecule has 0 saturated carbocycles. The molecular weight excluding hydrogens is 264 g/mol. The van der Waals surface area contributed by atoms with E-state index in [1.54, 1.807) is 0 Å². The maximum atomic E-state index is 12.5. The number of rotatable bonds is 2. The molecule has 0 aliphatic heterocycles. The first-order valence-electron chi connectivity index (χ1n) is 6.75. The molecule has 1 N–H and O–H groups in total. The van der Waals surface area contributed by atoms with Gasteiger partial charge in [-0.05, 0) is 44.5 Å². The van der Waals surface area contributed by atoms with E-state index in [-0.39, 0.29) is 5.91 Å². The number of anilines is 1. The third kappa shape index (κ3) is 2.38. The Hall–Kier alpha value is -2.69. The Kier molecular flexibility index (Phi) is 3.17. The first kappa shape index (κ1) is 13.3. The average Bonchev–Trinajstić information content (AvgIpc) is 2.84.